The van der Waals surface area contributed by atoms with Crippen LogP contribution in [0.2, 0.25) is 0 Å². The fourth-order valence-electron chi connectivity index (χ4n) is 11.6. The van der Waals surface area contributed by atoms with E-state index >= 15 is 0 Å². The number of nitrogens with zero attached hydrogens (tertiary/aromatic N) is 6. The third kappa shape index (κ3) is 27.3. The predicted octanol–water partition coefficient (Wildman–Crippen LogP) is 1.03. The van der Waals surface area contributed by atoms with Crippen molar-refractivity contribution in [1.82, 2.24) is 47.9 Å². The van der Waals surface area contributed by atoms with Crippen molar-refractivity contribution >= 4 is 82.5 Å². The first-order valence-electron chi connectivity index (χ1n) is 33.9. The zero-order valence-corrected chi connectivity index (χ0v) is 58.0. The molecule has 542 valence electrons. The summed E-state index contributed by atoms with van der Waals surface area (Å²) in [6, 6.07) is 8.54. The number of azide groups is 1. The van der Waals surface area contributed by atoms with Gasteiger partial charge in [-0.3, -0.25) is 38.6 Å². The van der Waals surface area contributed by atoms with E-state index in [0.29, 0.717) is 121 Å². The van der Waals surface area contributed by atoms with Crippen LogP contribution in [0, 0.1) is 0 Å². The number of benzene rings is 2. The largest absolute Gasteiger partial charge is 0.545 e. The number of nitrogens with two attached hydrogens (primary N) is 2. The first-order valence-corrected chi connectivity index (χ1v) is 35.0. The number of anilines is 1. The standard InChI is InChI=1S/C67H99N17O14S/c1-83(2)44-21-24-53-48(38-44)60(49-39-45(84(3)4)22-25-54(49)98-53)47-37-43(20-23-46(47)65(92)93)62(89)73-27-11-9-15-50(78-57(86)19-6-5-10-26-72-58(87)40-76-64(91)51(16-12-28-75-66(68)69)79-59(88)41-77-82-70)63(90)74-30-14-32-96-34-36-97-35-33-95-31-13-29-71-56(85)18-8-7-17-55-61-52(42-99-55)80-67(94)81-61/h20-25,37-39,50-53,55,60-61H,5-19,26-36,40-42H2,1-4H3,(H13-,68,69,71,72,73,74,75,76,78,79,80,81,85,86,87,88,89,90,91,92,93,94)/t50-,51-,52-,53?,55-,60?,61-/m0/s1. The second kappa shape index (κ2) is 42.8. The number of carbonyl (C=O) groups is 9. The average molecular weight is 1400 g/mol. The van der Waals surface area contributed by atoms with Gasteiger partial charge in [0, 0.05) is 129 Å². The van der Waals surface area contributed by atoms with Crippen LogP contribution in [0.4, 0.5) is 10.5 Å². The Labute approximate surface area is 582 Å². The topological polar surface area (TPSA) is 441 Å². The van der Waals surface area contributed by atoms with Gasteiger partial charge < -0.3 is 93.1 Å². The van der Waals surface area contributed by atoms with Crippen molar-refractivity contribution < 1.29 is 71.8 Å². The number of carbonyl (C=O) groups excluding carboxylic acids is 9. The van der Waals surface area contributed by atoms with Crippen LogP contribution < -0.4 is 74.1 Å². The summed E-state index contributed by atoms with van der Waals surface area (Å²) in [7, 11) is 7.64. The summed E-state index contributed by atoms with van der Waals surface area (Å²) in [6.07, 6.45) is 12.8. The number of carboxylic acid groups (broad SMARTS) is 1. The Morgan fingerprint density at radius 1 is 0.737 bits per heavy atom. The van der Waals surface area contributed by atoms with Crippen LogP contribution in [0.1, 0.15) is 134 Å². The Balaban J connectivity index is 0.924. The summed E-state index contributed by atoms with van der Waals surface area (Å²) in [5.41, 5.74) is 23.1. The maximum absolute atomic E-state index is 13.9. The van der Waals surface area contributed by atoms with Gasteiger partial charge in [0.15, 0.2) is 11.7 Å². The van der Waals surface area contributed by atoms with Crippen LogP contribution in [-0.2, 0) is 43.0 Å². The molecule has 99 heavy (non-hydrogen) atoms. The molecule has 31 nitrogen and oxygen atoms in total. The fourth-order valence-corrected chi connectivity index (χ4v) is 13.1. The zero-order chi connectivity index (χ0) is 71.5. The highest BCUT2D eigenvalue weighted by Gasteiger charge is 2.43. The van der Waals surface area contributed by atoms with Gasteiger partial charge in [0.2, 0.25) is 35.4 Å². The number of amides is 9. The van der Waals surface area contributed by atoms with Gasteiger partial charge in [0.25, 0.3) is 5.91 Å². The van der Waals surface area contributed by atoms with Gasteiger partial charge in [-0.2, -0.15) is 11.8 Å². The molecule has 0 saturated carbocycles. The minimum absolute atomic E-state index is 0.0200. The number of carboxylic acids is 1. The van der Waals surface area contributed by atoms with E-state index in [1.54, 1.807) is 6.07 Å². The number of nitrogens with one attached hydrogen (secondary N) is 9. The summed E-state index contributed by atoms with van der Waals surface area (Å²) in [5.74, 6) is -3.60. The second-order valence-corrected chi connectivity index (χ2v) is 26.0. The first kappa shape index (κ1) is 79.0. The third-order valence-corrected chi connectivity index (χ3v) is 18.3. The van der Waals surface area contributed by atoms with E-state index in [4.69, 9.17) is 35.9 Å². The molecule has 2 fully saturated rings. The van der Waals surface area contributed by atoms with Crippen molar-refractivity contribution in [2.75, 3.05) is 124 Å². The van der Waals surface area contributed by atoms with Crippen molar-refractivity contribution in [2.24, 2.45) is 21.6 Å². The predicted molar refractivity (Wildman–Crippen MR) is 372 cm³/mol. The van der Waals surface area contributed by atoms with Gasteiger partial charge in [0.1, 0.15) is 44.6 Å². The molecule has 3 aliphatic heterocycles. The molecule has 0 radical (unpaired) electrons. The Morgan fingerprint density at radius 2 is 1.38 bits per heavy atom. The summed E-state index contributed by atoms with van der Waals surface area (Å²) >= 11 is 1.87. The lowest BCUT2D eigenvalue weighted by atomic mass is 9.76. The van der Waals surface area contributed by atoms with Crippen LogP contribution in [0.25, 0.3) is 10.4 Å². The number of ether oxygens (including phenoxy) is 4. The van der Waals surface area contributed by atoms with Gasteiger partial charge in [-0.05, 0) is 124 Å². The van der Waals surface area contributed by atoms with Crippen LogP contribution in [0.3, 0.4) is 0 Å². The van der Waals surface area contributed by atoms with Crippen LogP contribution >= 0.6 is 11.8 Å². The zero-order valence-electron chi connectivity index (χ0n) is 57.2. The number of hydrogen-bond donors (Lipinski definition) is 11. The van der Waals surface area contributed by atoms with E-state index in [1.807, 2.05) is 85.9 Å². The average Bonchev–Trinajstić information content (AvgIpc) is 1.41. The minimum atomic E-state index is -1.39. The number of unbranched alkanes of at least 4 members (excludes halogenated alkanes) is 4. The molecule has 2 saturated heterocycles. The maximum Gasteiger partial charge on any atom is 0.315 e. The van der Waals surface area contributed by atoms with E-state index in [1.165, 1.54) is 12.1 Å². The van der Waals surface area contributed by atoms with Crippen LogP contribution in [0.15, 0.2) is 70.3 Å². The van der Waals surface area contributed by atoms with E-state index in [0.717, 1.165) is 47.6 Å². The van der Waals surface area contributed by atoms with Gasteiger partial charge in [0.05, 0.1) is 51.0 Å². The lowest BCUT2D eigenvalue weighted by Crippen LogP contribution is -2.49. The van der Waals surface area contributed by atoms with E-state index in [9.17, 15) is 48.3 Å². The molecule has 2 aromatic carbocycles. The van der Waals surface area contributed by atoms with Gasteiger partial charge in [-0.1, -0.05) is 24.0 Å². The van der Waals surface area contributed by atoms with Gasteiger partial charge in [-0.15, -0.1) is 0 Å². The Kier molecular flexibility index (Phi) is 34.1. The second-order valence-electron chi connectivity index (χ2n) is 24.8. The molecule has 32 heteroatoms. The molecule has 6 rings (SSSR count). The molecular weight excluding hydrogens is 1300 g/mol. The molecule has 3 heterocycles. The molecule has 0 aromatic heterocycles. The molecule has 4 aliphatic rings. The van der Waals surface area contributed by atoms with Crippen molar-refractivity contribution in [2.45, 2.75) is 138 Å². The summed E-state index contributed by atoms with van der Waals surface area (Å²) in [5, 5.41) is 41.7. The smallest absolute Gasteiger partial charge is 0.315 e. The highest BCUT2D eigenvalue weighted by molar-refractivity contribution is 8.00. The Morgan fingerprint density at radius 3 is 2.09 bits per heavy atom. The normalized spacial score (nSPS) is 17.6. The minimum Gasteiger partial charge on any atom is -0.545 e. The summed E-state index contributed by atoms with van der Waals surface area (Å²) < 4.78 is 25.4. The lowest BCUT2D eigenvalue weighted by molar-refractivity contribution is -0.462. The van der Waals surface area contributed by atoms with Gasteiger partial charge in [-0.25, -0.2) is 9.37 Å². The molecule has 2 aromatic rings. The quantitative estimate of drug-likeness (QED) is 0.00644. The number of aromatic carboxylic acids is 1. The molecule has 0 bridgehead atoms. The van der Waals surface area contributed by atoms with Crippen molar-refractivity contribution in [1.29, 1.82) is 0 Å². The third-order valence-electron chi connectivity index (χ3n) is 16.8. The molecule has 2 unspecified atom stereocenters. The van der Waals surface area contributed by atoms with Crippen LogP contribution in [-0.4, -0.2) is 225 Å². The number of thioether (sulfide) groups is 1. The monoisotopic (exact) mass is 1400 g/mol. The summed E-state index contributed by atoms with van der Waals surface area (Å²) in [4.78, 5) is 124. The fraction of sp³-hybridized carbons (Fsp3) is 0.597. The highest BCUT2D eigenvalue weighted by atomic mass is 32.2. The first-order chi connectivity index (χ1) is 47.7. The lowest BCUT2D eigenvalue weighted by Gasteiger charge is -2.36. The SMILES string of the molecule is CN(C)c1ccc2c(c1)C(c1cc(C(=O)NCCCC[C@H](NC(=O)CCCCCNC(=O)CNC(=O)[C@H](CCCN=C(N)N)NC(=O)CN=[N+]=[N-])C(=O)NCCCOCCOCCOCCCNC(=O)CCCC[C@@H]3SC[C@@H]4NC(=O)N[C@@H]43)ccc1C(=O)[O-])C1=CC(=[N+](C)C)C=CC1O2. The number of urea groups is 1. The van der Waals surface area contributed by atoms with Crippen molar-refractivity contribution in [3.8, 4) is 5.75 Å². The molecule has 1 aliphatic carbocycles. The van der Waals surface area contributed by atoms with E-state index in [2.05, 4.69) is 62.9 Å². The Bertz CT molecular complexity index is 3260. The molecule has 0 spiro atoms. The number of fused-ring (bicyclic) bond motifs is 3. The summed E-state index contributed by atoms with van der Waals surface area (Å²) in [6.45, 7) is 2.76. The van der Waals surface area contributed by atoms with E-state index < -0.39 is 66.2 Å². The van der Waals surface area contributed by atoms with Crippen molar-refractivity contribution in [3.05, 3.63) is 92.9 Å². The van der Waals surface area contributed by atoms with Crippen molar-refractivity contribution in [3.63, 3.8) is 0 Å². The number of allylic oxidation sites excluding steroid dienone is 2. The number of rotatable bonds is 46. The maximum atomic E-state index is 13.9. The van der Waals surface area contributed by atoms with Gasteiger partial charge >= 0.3 is 6.03 Å². The number of aliphatic imine (C=N–C) groups is 1. The molecule has 9 amide bonds. The molecule has 7 atom stereocenters. The highest BCUT2D eigenvalue weighted by Crippen LogP contribution is 2.47. The molecular formula is C67H99N17O14S. The van der Waals surface area contributed by atoms with E-state index in [-0.39, 0.29) is 99.0 Å². The Hall–Kier alpha value is -8.97. The molecule has 13 N–H and O–H groups in total. The van der Waals surface area contributed by atoms with Crippen LogP contribution in [0.5, 0.6) is 5.75 Å². The number of hydrogen-bond acceptors (Lipinski definition) is 18. The number of guanidine groups is 1.